The number of carbonyl (C=O) groups excluding carboxylic acids is 1. The summed E-state index contributed by atoms with van der Waals surface area (Å²) in [5.41, 5.74) is 1.22. The molecule has 1 unspecified atom stereocenters. The SMILES string of the molecule is CCOC(=O)CC(O)CNCC=C(C)C. The van der Waals surface area contributed by atoms with Gasteiger partial charge in [-0.3, -0.25) is 4.79 Å². The van der Waals surface area contributed by atoms with Gasteiger partial charge in [0, 0.05) is 13.1 Å². The predicted molar refractivity (Wildman–Crippen MR) is 59.6 cm³/mol. The molecule has 0 aliphatic carbocycles. The first kappa shape index (κ1) is 14.1. The summed E-state index contributed by atoms with van der Waals surface area (Å²) in [6.45, 7) is 7.24. The van der Waals surface area contributed by atoms with Gasteiger partial charge in [0.1, 0.15) is 0 Å². The average molecular weight is 215 g/mol. The van der Waals surface area contributed by atoms with Crippen molar-refractivity contribution in [2.45, 2.75) is 33.3 Å². The van der Waals surface area contributed by atoms with Gasteiger partial charge in [0.25, 0.3) is 0 Å². The average Bonchev–Trinajstić information content (AvgIpc) is 2.12. The number of allylic oxidation sites excluding steroid dienone is 1. The summed E-state index contributed by atoms with van der Waals surface area (Å²) in [4.78, 5) is 11.0. The Balaban J connectivity index is 3.53. The van der Waals surface area contributed by atoms with Gasteiger partial charge in [-0.1, -0.05) is 11.6 Å². The van der Waals surface area contributed by atoms with E-state index in [1.54, 1.807) is 6.92 Å². The van der Waals surface area contributed by atoms with E-state index in [1.807, 2.05) is 19.9 Å². The van der Waals surface area contributed by atoms with Gasteiger partial charge in [-0.05, 0) is 20.8 Å². The first-order chi connectivity index (χ1) is 7.06. The minimum atomic E-state index is -0.672. The molecule has 0 aromatic carbocycles. The zero-order chi connectivity index (χ0) is 11.7. The number of aliphatic hydroxyl groups excluding tert-OH is 1. The van der Waals surface area contributed by atoms with Gasteiger partial charge in [0.15, 0.2) is 0 Å². The number of carbonyl (C=O) groups is 1. The van der Waals surface area contributed by atoms with E-state index in [9.17, 15) is 9.90 Å². The molecule has 0 fully saturated rings. The van der Waals surface area contributed by atoms with Crippen molar-refractivity contribution in [3.8, 4) is 0 Å². The second kappa shape index (κ2) is 8.44. The topological polar surface area (TPSA) is 58.6 Å². The molecule has 0 aromatic heterocycles. The van der Waals surface area contributed by atoms with Gasteiger partial charge in [-0.2, -0.15) is 0 Å². The molecule has 0 spiro atoms. The second-order valence-electron chi connectivity index (χ2n) is 3.60. The van der Waals surface area contributed by atoms with Crippen LogP contribution in [0.5, 0.6) is 0 Å². The molecule has 0 radical (unpaired) electrons. The Morgan fingerprint density at radius 3 is 2.73 bits per heavy atom. The van der Waals surface area contributed by atoms with E-state index in [0.29, 0.717) is 19.7 Å². The molecule has 0 bridgehead atoms. The van der Waals surface area contributed by atoms with Crippen molar-refractivity contribution in [3.63, 3.8) is 0 Å². The molecule has 0 aliphatic rings. The Hall–Kier alpha value is -0.870. The first-order valence-corrected chi connectivity index (χ1v) is 5.24. The highest BCUT2D eigenvalue weighted by Gasteiger charge is 2.10. The van der Waals surface area contributed by atoms with Crippen molar-refractivity contribution < 1.29 is 14.6 Å². The van der Waals surface area contributed by atoms with E-state index in [2.05, 4.69) is 5.32 Å². The Bertz CT molecular complexity index is 210. The molecule has 0 aliphatic heterocycles. The van der Waals surface area contributed by atoms with Crippen LogP contribution in [-0.4, -0.2) is 36.9 Å². The lowest BCUT2D eigenvalue weighted by atomic mass is 10.2. The van der Waals surface area contributed by atoms with Crippen LogP contribution in [0.15, 0.2) is 11.6 Å². The zero-order valence-electron chi connectivity index (χ0n) is 9.75. The van der Waals surface area contributed by atoms with Gasteiger partial charge in [-0.15, -0.1) is 0 Å². The van der Waals surface area contributed by atoms with E-state index < -0.39 is 6.10 Å². The van der Waals surface area contributed by atoms with Gasteiger partial charge in [0.05, 0.1) is 19.1 Å². The van der Waals surface area contributed by atoms with Crippen LogP contribution in [0.2, 0.25) is 0 Å². The van der Waals surface area contributed by atoms with E-state index in [4.69, 9.17) is 4.74 Å². The smallest absolute Gasteiger partial charge is 0.308 e. The predicted octanol–water partition coefficient (Wildman–Crippen LogP) is 0.856. The Morgan fingerprint density at radius 1 is 1.53 bits per heavy atom. The standard InChI is InChI=1S/C11H21NO3/c1-4-15-11(14)7-10(13)8-12-6-5-9(2)3/h5,10,12-13H,4,6-8H2,1-3H3. The maximum Gasteiger partial charge on any atom is 0.308 e. The quantitative estimate of drug-likeness (QED) is 0.375. The largest absolute Gasteiger partial charge is 0.466 e. The van der Waals surface area contributed by atoms with Crippen molar-refractivity contribution in [3.05, 3.63) is 11.6 Å². The number of hydrogen-bond donors (Lipinski definition) is 2. The molecular formula is C11H21NO3. The van der Waals surface area contributed by atoms with Gasteiger partial charge < -0.3 is 15.2 Å². The lowest BCUT2D eigenvalue weighted by Gasteiger charge is -2.09. The molecule has 0 amide bonds. The molecule has 4 heteroatoms. The van der Waals surface area contributed by atoms with Crippen LogP contribution in [0.25, 0.3) is 0 Å². The lowest BCUT2D eigenvalue weighted by Crippen LogP contribution is -2.29. The maximum absolute atomic E-state index is 11.0. The molecule has 0 rings (SSSR count). The van der Waals surface area contributed by atoms with Gasteiger partial charge >= 0.3 is 5.97 Å². The van der Waals surface area contributed by atoms with Crippen molar-refractivity contribution in [1.82, 2.24) is 5.32 Å². The van der Waals surface area contributed by atoms with E-state index in [0.717, 1.165) is 0 Å². The van der Waals surface area contributed by atoms with E-state index >= 15 is 0 Å². The second-order valence-corrected chi connectivity index (χ2v) is 3.60. The molecule has 1 atom stereocenters. The summed E-state index contributed by atoms with van der Waals surface area (Å²) >= 11 is 0. The normalized spacial score (nSPS) is 12.0. The minimum Gasteiger partial charge on any atom is -0.466 e. The highest BCUT2D eigenvalue weighted by atomic mass is 16.5. The molecular weight excluding hydrogens is 194 g/mol. The fraction of sp³-hybridized carbons (Fsp3) is 0.727. The molecule has 0 saturated carbocycles. The number of nitrogens with one attached hydrogen (secondary N) is 1. The van der Waals surface area contributed by atoms with Gasteiger partial charge in [0.2, 0.25) is 0 Å². The third-order valence-corrected chi connectivity index (χ3v) is 1.74. The minimum absolute atomic E-state index is 0.0513. The molecule has 88 valence electrons. The number of aliphatic hydroxyl groups is 1. The fourth-order valence-corrected chi connectivity index (χ4v) is 1.01. The van der Waals surface area contributed by atoms with Crippen molar-refractivity contribution in [2.75, 3.05) is 19.7 Å². The lowest BCUT2D eigenvalue weighted by molar-refractivity contribution is -0.145. The number of hydrogen-bond acceptors (Lipinski definition) is 4. The van der Waals surface area contributed by atoms with Crippen LogP contribution in [0, 0.1) is 0 Å². The molecule has 0 aromatic rings. The summed E-state index contributed by atoms with van der Waals surface area (Å²) < 4.78 is 4.72. The van der Waals surface area contributed by atoms with E-state index in [1.165, 1.54) is 5.57 Å². The highest BCUT2D eigenvalue weighted by Crippen LogP contribution is 1.93. The summed E-state index contributed by atoms with van der Waals surface area (Å²) in [7, 11) is 0. The summed E-state index contributed by atoms with van der Waals surface area (Å²) in [5, 5.41) is 12.5. The van der Waals surface area contributed by atoms with Crippen LogP contribution < -0.4 is 5.32 Å². The van der Waals surface area contributed by atoms with Crippen LogP contribution in [0.1, 0.15) is 27.2 Å². The summed E-state index contributed by atoms with van der Waals surface area (Å²) in [5.74, 6) is -0.353. The summed E-state index contributed by atoms with van der Waals surface area (Å²) in [6.07, 6.45) is 1.40. The number of rotatable bonds is 7. The molecule has 4 nitrogen and oxygen atoms in total. The highest BCUT2D eigenvalue weighted by molar-refractivity contribution is 5.69. The maximum atomic E-state index is 11.0. The van der Waals surface area contributed by atoms with Gasteiger partial charge in [-0.25, -0.2) is 0 Å². The number of esters is 1. The fourth-order valence-electron chi connectivity index (χ4n) is 1.01. The van der Waals surface area contributed by atoms with Crippen LogP contribution in [0.4, 0.5) is 0 Å². The molecule has 0 heterocycles. The summed E-state index contributed by atoms with van der Waals surface area (Å²) in [6, 6.07) is 0. The Labute approximate surface area is 91.3 Å². The van der Waals surface area contributed by atoms with Crippen LogP contribution >= 0.6 is 0 Å². The van der Waals surface area contributed by atoms with Crippen LogP contribution in [0.3, 0.4) is 0 Å². The Morgan fingerprint density at radius 2 is 2.20 bits per heavy atom. The zero-order valence-corrected chi connectivity index (χ0v) is 9.75. The van der Waals surface area contributed by atoms with Crippen molar-refractivity contribution in [2.24, 2.45) is 0 Å². The Kier molecular flexibility index (Phi) is 7.95. The van der Waals surface area contributed by atoms with Crippen molar-refractivity contribution >= 4 is 5.97 Å². The van der Waals surface area contributed by atoms with Crippen LogP contribution in [-0.2, 0) is 9.53 Å². The first-order valence-electron chi connectivity index (χ1n) is 5.24. The molecule has 15 heavy (non-hydrogen) atoms. The third kappa shape index (κ3) is 9.43. The van der Waals surface area contributed by atoms with Crippen molar-refractivity contribution in [1.29, 1.82) is 0 Å². The monoisotopic (exact) mass is 215 g/mol. The third-order valence-electron chi connectivity index (χ3n) is 1.74. The van der Waals surface area contributed by atoms with E-state index in [-0.39, 0.29) is 12.4 Å². The molecule has 2 N–H and O–H groups in total. The number of ether oxygens (including phenoxy) is 1. The molecule has 0 saturated heterocycles.